The van der Waals surface area contributed by atoms with Crippen LogP contribution in [0.3, 0.4) is 0 Å². The van der Waals surface area contributed by atoms with Gasteiger partial charge in [-0.05, 0) is 24.3 Å². The van der Waals surface area contributed by atoms with Crippen LogP contribution in [0.25, 0.3) is 16.9 Å². The molecule has 2 N–H and O–H groups in total. The Morgan fingerprint density at radius 3 is 2.20 bits per heavy atom. The molecule has 0 aliphatic carbocycles. The van der Waals surface area contributed by atoms with E-state index in [0.717, 1.165) is 35.1 Å². The van der Waals surface area contributed by atoms with Crippen molar-refractivity contribution in [2.75, 3.05) is 0 Å². The van der Waals surface area contributed by atoms with Crippen molar-refractivity contribution in [3.8, 4) is 16.9 Å². The summed E-state index contributed by atoms with van der Waals surface area (Å²) in [5, 5.41) is 4.88. The van der Waals surface area contributed by atoms with Crippen LogP contribution in [0.1, 0.15) is 0 Å². The molecule has 3 aromatic rings. The normalized spacial score (nSPS) is 11.7. The molecule has 1 aromatic heterocycles. The molecule has 6 nitrogen and oxygen atoms in total. The molecule has 130 valence electrons. The van der Waals surface area contributed by atoms with Gasteiger partial charge in [0.15, 0.2) is 0 Å². The van der Waals surface area contributed by atoms with Gasteiger partial charge < -0.3 is 4.42 Å². The summed E-state index contributed by atoms with van der Waals surface area (Å²) in [4.78, 5) is 11.2. The van der Waals surface area contributed by atoms with Crippen molar-refractivity contribution < 1.29 is 26.0 Å². The Morgan fingerprint density at radius 2 is 1.64 bits per heavy atom. The number of hydrogen-bond acceptors (Lipinski definition) is 4. The monoisotopic (exact) mass is 370 g/mol. The molecule has 0 bridgehead atoms. The summed E-state index contributed by atoms with van der Waals surface area (Å²) in [6.45, 7) is 0. The molecule has 0 atom stereocenters. The third kappa shape index (κ3) is 3.21. The number of benzene rings is 2. The first-order valence-corrected chi connectivity index (χ1v) is 8.21. The van der Waals surface area contributed by atoms with Gasteiger partial charge >= 0.3 is 5.76 Å². The first-order valence-electron chi connectivity index (χ1n) is 6.66. The molecule has 0 radical (unpaired) electrons. The summed E-state index contributed by atoms with van der Waals surface area (Å²) in [5.41, 5.74) is -0.169. The van der Waals surface area contributed by atoms with E-state index in [4.69, 9.17) is 9.56 Å². The van der Waals surface area contributed by atoms with Crippen LogP contribution in [0.5, 0.6) is 0 Å². The quantitative estimate of drug-likeness (QED) is 0.764. The van der Waals surface area contributed by atoms with E-state index in [1.54, 1.807) is 0 Å². The standard InChI is InChI=1S/C15H9F3N2O4S/c16-9-4-10(17)6-11(5-9)20-13(7-24-15(20)21)8-1-2-14(12(18)3-8)25(19,22)23/h1-7H,(H2,19,22,23). The Labute approximate surface area is 139 Å². The fraction of sp³-hybridized carbons (Fsp3) is 0. The number of oxazole rings is 1. The zero-order valence-electron chi connectivity index (χ0n) is 12.2. The van der Waals surface area contributed by atoms with Crippen molar-refractivity contribution in [2.24, 2.45) is 5.14 Å². The molecule has 0 amide bonds. The number of aromatic nitrogens is 1. The van der Waals surface area contributed by atoms with E-state index in [9.17, 15) is 26.4 Å². The lowest BCUT2D eigenvalue weighted by atomic mass is 10.1. The lowest BCUT2D eigenvalue weighted by Gasteiger charge is -2.08. The van der Waals surface area contributed by atoms with E-state index in [0.29, 0.717) is 6.07 Å². The van der Waals surface area contributed by atoms with Gasteiger partial charge in [0.2, 0.25) is 10.0 Å². The van der Waals surface area contributed by atoms with Crippen molar-refractivity contribution in [1.29, 1.82) is 0 Å². The zero-order valence-corrected chi connectivity index (χ0v) is 13.1. The maximum atomic E-state index is 14.0. The van der Waals surface area contributed by atoms with Crippen molar-refractivity contribution in [2.45, 2.75) is 4.90 Å². The second kappa shape index (κ2) is 5.90. The lowest BCUT2D eigenvalue weighted by molar-refractivity contribution is 0.503. The van der Waals surface area contributed by atoms with Crippen molar-refractivity contribution in [1.82, 2.24) is 4.57 Å². The van der Waals surface area contributed by atoms with Crippen LogP contribution < -0.4 is 10.9 Å². The van der Waals surface area contributed by atoms with Crippen molar-refractivity contribution in [3.63, 3.8) is 0 Å². The zero-order chi connectivity index (χ0) is 18.4. The summed E-state index contributed by atoms with van der Waals surface area (Å²) in [5.74, 6) is -3.96. The van der Waals surface area contributed by atoms with Crippen LogP contribution in [-0.2, 0) is 10.0 Å². The third-order valence-electron chi connectivity index (χ3n) is 3.33. The third-order valence-corrected chi connectivity index (χ3v) is 4.28. The summed E-state index contributed by atoms with van der Waals surface area (Å²) in [7, 11) is -4.27. The second-order valence-corrected chi connectivity index (χ2v) is 6.57. The molecule has 0 saturated heterocycles. The van der Waals surface area contributed by atoms with Gasteiger partial charge in [-0.3, -0.25) is 0 Å². The number of nitrogens with zero attached hydrogens (tertiary/aromatic N) is 1. The minimum absolute atomic E-state index is 0.0325. The summed E-state index contributed by atoms with van der Waals surface area (Å²) in [6.07, 6.45) is 0.955. The highest BCUT2D eigenvalue weighted by molar-refractivity contribution is 7.89. The van der Waals surface area contributed by atoms with E-state index in [-0.39, 0.29) is 16.9 Å². The topological polar surface area (TPSA) is 95.3 Å². The number of hydrogen-bond donors (Lipinski definition) is 1. The fourth-order valence-electron chi connectivity index (χ4n) is 2.31. The predicted octanol–water partition coefficient (Wildman–Crippen LogP) is 2.16. The molecular formula is C15H9F3N2O4S. The van der Waals surface area contributed by atoms with Crippen LogP contribution >= 0.6 is 0 Å². The molecule has 0 saturated carbocycles. The Kier molecular flexibility index (Phi) is 4.01. The Bertz CT molecular complexity index is 1120. The van der Waals surface area contributed by atoms with Gasteiger partial charge in [0.05, 0.1) is 11.4 Å². The second-order valence-electron chi connectivity index (χ2n) is 5.04. The van der Waals surface area contributed by atoms with Crippen molar-refractivity contribution >= 4 is 10.0 Å². The number of rotatable bonds is 3. The van der Waals surface area contributed by atoms with E-state index >= 15 is 0 Å². The summed E-state index contributed by atoms with van der Waals surface area (Å²) >= 11 is 0. The van der Waals surface area contributed by atoms with Gasteiger partial charge in [-0.25, -0.2) is 36.1 Å². The van der Waals surface area contributed by atoms with Crippen molar-refractivity contribution in [3.05, 3.63) is 70.7 Å². The highest BCUT2D eigenvalue weighted by Gasteiger charge is 2.19. The van der Waals surface area contributed by atoms with Gasteiger partial charge in [0.25, 0.3) is 0 Å². The highest BCUT2D eigenvalue weighted by Crippen LogP contribution is 2.25. The molecular weight excluding hydrogens is 361 g/mol. The first kappa shape index (κ1) is 17.0. The Hall–Kier alpha value is -2.85. The smallest absolute Gasteiger partial charge is 0.415 e. The van der Waals surface area contributed by atoms with Gasteiger partial charge in [-0.1, -0.05) is 6.07 Å². The van der Waals surface area contributed by atoms with Gasteiger partial charge in [0, 0.05) is 11.6 Å². The molecule has 25 heavy (non-hydrogen) atoms. The van der Waals surface area contributed by atoms with E-state index in [2.05, 4.69) is 0 Å². The average molecular weight is 370 g/mol. The number of halogens is 3. The van der Waals surface area contributed by atoms with E-state index < -0.39 is 38.1 Å². The minimum Gasteiger partial charge on any atom is -0.415 e. The molecule has 0 aliphatic rings. The van der Waals surface area contributed by atoms with Crippen LogP contribution in [-0.4, -0.2) is 13.0 Å². The Morgan fingerprint density at radius 1 is 1.00 bits per heavy atom. The maximum Gasteiger partial charge on any atom is 0.424 e. The number of primary sulfonamides is 1. The molecule has 0 fully saturated rings. The summed E-state index contributed by atoms with van der Waals surface area (Å²) in [6, 6.07) is 5.30. The van der Waals surface area contributed by atoms with Crippen LogP contribution in [0.2, 0.25) is 0 Å². The molecule has 0 unspecified atom stereocenters. The molecule has 3 rings (SSSR count). The molecule has 2 aromatic carbocycles. The largest absolute Gasteiger partial charge is 0.424 e. The van der Waals surface area contributed by atoms with E-state index in [1.807, 2.05) is 0 Å². The maximum absolute atomic E-state index is 14.0. The van der Waals surface area contributed by atoms with Crippen LogP contribution in [0.4, 0.5) is 13.2 Å². The summed E-state index contributed by atoms with van der Waals surface area (Å²) < 4.78 is 68.9. The Balaban J connectivity index is 2.21. The average Bonchev–Trinajstić information content (AvgIpc) is 2.86. The van der Waals surface area contributed by atoms with Crippen LogP contribution in [0, 0.1) is 17.5 Å². The van der Waals surface area contributed by atoms with E-state index in [1.165, 1.54) is 6.07 Å². The molecule has 10 heteroatoms. The first-order chi connectivity index (χ1) is 11.7. The van der Waals surface area contributed by atoms with Crippen LogP contribution in [0.15, 0.2) is 56.8 Å². The van der Waals surface area contributed by atoms with Gasteiger partial charge in [0.1, 0.15) is 28.6 Å². The highest BCUT2D eigenvalue weighted by atomic mass is 32.2. The number of nitrogens with two attached hydrogens (primary N) is 1. The van der Waals surface area contributed by atoms with Gasteiger partial charge in [-0.15, -0.1) is 0 Å². The SMILES string of the molecule is NS(=O)(=O)c1ccc(-c2coc(=O)n2-c2cc(F)cc(F)c2)cc1F. The fourth-order valence-corrected chi connectivity index (χ4v) is 2.90. The minimum atomic E-state index is -4.27. The van der Waals surface area contributed by atoms with Gasteiger partial charge in [-0.2, -0.15) is 0 Å². The molecule has 0 spiro atoms. The predicted molar refractivity (Wildman–Crippen MR) is 81.0 cm³/mol. The molecule has 0 aliphatic heterocycles. The molecule has 1 heterocycles. The number of sulfonamides is 1. The lowest BCUT2D eigenvalue weighted by Crippen LogP contribution is -2.15.